The molecule has 5 heteroatoms. The molecule has 0 heterocycles. The van der Waals surface area contributed by atoms with E-state index >= 15 is 0 Å². The summed E-state index contributed by atoms with van der Waals surface area (Å²) in [7, 11) is 3.63. The first kappa shape index (κ1) is 13.3. The van der Waals surface area contributed by atoms with Gasteiger partial charge in [0.1, 0.15) is 17.2 Å². The molecule has 0 aromatic heterocycles. The van der Waals surface area contributed by atoms with Crippen LogP contribution in [0.3, 0.4) is 0 Å². The minimum absolute atomic E-state index is 0.596. The van der Waals surface area contributed by atoms with Crippen LogP contribution in [0.4, 0.5) is 5.69 Å². The van der Waals surface area contributed by atoms with Crippen LogP contribution in [0, 0.1) is 0 Å². The van der Waals surface area contributed by atoms with Crippen LogP contribution < -0.4 is 9.47 Å². The summed E-state index contributed by atoms with van der Waals surface area (Å²) in [5, 5.41) is 9.70. The number of benzene rings is 1. The van der Waals surface area contributed by atoms with Crippen molar-refractivity contribution < 1.29 is 9.47 Å². The predicted molar refractivity (Wildman–Crippen MR) is 67.0 cm³/mol. The average molecular weight is 237 g/mol. The van der Waals surface area contributed by atoms with Gasteiger partial charge in [-0.25, -0.2) is 0 Å². The fourth-order valence-corrected chi connectivity index (χ4v) is 1.25. The molecule has 0 aliphatic rings. The first-order chi connectivity index (χ1) is 8.17. The van der Waals surface area contributed by atoms with Crippen LogP contribution >= 0.6 is 0 Å². The van der Waals surface area contributed by atoms with Crippen LogP contribution in [0.25, 0.3) is 0 Å². The molecule has 0 saturated carbocycles. The molecular formula is C12H19N3O2. The molecule has 0 atom stereocenters. The van der Waals surface area contributed by atoms with E-state index in [4.69, 9.17) is 9.47 Å². The highest BCUT2D eigenvalue weighted by Crippen LogP contribution is 2.32. The van der Waals surface area contributed by atoms with Gasteiger partial charge >= 0.3 is 0 Å². The predicted octanol–water partition coefficient (Wildman–Crippen LogP) is 3.04. The van der Waals surface area contributed by atoms with E-state index in [9.17, 15) is 0 Å². The normalized spacial score (nSPS) is 10.6. The molecule has 0 radical (unpaired) electrons. The molecule has 0 aliphatic carbocycles. The number of hydrogen-bond acceptors (Lipinski definition) is 4. The topological polar surface area (TPSA) is 46.4 Å². The van der Waals surface area contributed by atoms with Crippen molar-refractivity contribution in [1.29, 1.82) is 0 Å². The lowest BCUT2D eigenvalue weighted by atomic mass is 10.3. The highest BCUT2D eigenvalue weighted by atomic mass is 16.5. The molecule has 0 fully saturated rings. The van der Waals surface area contributed by atoms with Crippen LogP contribution in [-0.4, -0.2) is 32.3 Å². The molecular weight excluding hydrogens is 218 g/mol. The summed E-state index contributed by atoms with van der Waals surface area (Å²) in [6.45, 7) is 5.09. The van der Waals surface area contributed by atoms with Gasteiger partial charge in [0.05, 0.1) is 13.2 Å². The van der Waals surface area contributed by atoms with Gasteiger partial charge in [-0.05, 0) is 26.0 Å². The zero-order valence-electron chi connectivity index (χ0n) is 10.8. The van der Waals surface area contributed by atoms with Crippen LogP contribution in [0.2, 0.25) is 0 Å². The zero-order chi connectivity index (χ0) is 12.7. The van der Waals surface area contributed by atoms with Gasteiger partial charge in [-0.1, -0.05) is 5.22 Å². The molecule has 17 heavy (non-hydrogen) atoms. The van der Waals surface area contributed by atoms with Gasteiger partial charge in [0.2, 0.25) is 0 Å². The molecule has 1 rings (SSSR count). The fraction of sp³-hybridized carbons (Fsp3) is 0.500. The Morgan fingerprint density at radius 1 is 1.12 bits per heavy atom. The molecule has 0 N–H and O–H groups in total. The smallest absolute Gasteiger partial charge is 0.147 e. The molecule has 94 valence electrons. The van der Waals surface area contributed by atoms with E-state index in [1.807, 2.05) is 46.1 Å². The maximum atomic E-state index is 5.47. The number of hydrogen-bond donors (Lipinski definition) is 0. The van der Waals surface area contributed by atoms with E-state index in [-0.39, 0.29) is 0 Å². The molecule has 0 unspecified atom stereocenters. The molecule has 1 aromatic rings. The van der Waals surface area contributed by atoms with Crippen LogP contribution in [-0.2, 0) is 0 Å². The third-order valence-electron chi connectivity index (χ3n) is 1.87. The molecule has 0 spiro atoms. The van der Waals surface area contributed by atoms with Gasteiger partial charge in [-0.3, -0.25) is 5.01 Å². The second-order valence-electron chi connectivity index (χ2n) is 3.53. The highest BCUT2D eigenvalue weighted by Gasteiger charge is 2.05. The van der Waals surface area contributed by atoms with Gasteiger partial charge in [0, 0.05) is 20.2 Å². The second-order valence-corrected chi connectivity index (χ2v) is 3.53. The van der Waals surface area contributed by atoms with Gasteiger partial charge in [0.15, 0.2) is 0 Å². The summed E-state index contributed by atoms with van der Waals surface area (Å²) in [6, 6.07) is 5.53. The number of ether oxygens (including phenoxy) is 2. The minimum atomic E-state index is 0.596. The van der Waals surface area contributed by atoms with Crippen molar-refractivity contribution in [3.63, 3.8) is 0 Å². The SMILES string of the molecule is CCOc1ccc(OCC)c(N=NN(C)C)c1. The molecule has 1 aromatic carbocycles. The Hall–Kier alpha value is -1.78. The van der Waals surface area contributed by atoms with Gasteiger partial charge in [-0.15, -0.1) is 5.11 Å². The standard InChI is InChI=1S/C12H19N3O2/c1-5-16-10-7-8-12(17-6-2)11(9-10)13-14-15(3)4/h7-9H,5-6H2,1-4H3. The van der Waals surface area contributed by atoms with Crippen molar-refractivity contribution in [2.75, 3.05) is 27.3 Å². The lowest BCUT2D eigenvalue weighted by molar-refractivity contribution is 0.330. The van der Waals surface area contributed by atoms with Crippen molar-refractivity contribution in [3.05, 3.63) is 18.2 Å². The Labute approximate surface area is 102 Å². The Balaban J connectivity index is 2.97. The van der Waals surface area contributed by atoms with Crippen LogP contribution in [0.1, 0.15) is 13.8 Å². The fourth-order valence-electron chi connectivity index (χ4n) is 1.25. The molecule has 0 amide bonds. The quantitative estimate of drug-likeness (QED) is 0.564. The van der Waals surface area contributed by atoms with E-state index in [0.717, 1.165) is 5.75 Å². The maximum absolute atomic E-state index is 5.47. The Kier molecular flexibility index (Phi) is 5.26. The summed E-state index contributed by atoms with van der Waals surface area (Å²) in [5.74, 6) is 1.48. The van der Waals surface area contributed by atoms with Crippen LogP contribution in [0.15, 0.2) is 28.5 Å². The lowest BCUT2D eigenvalue weighted by Gasteiger charge is -2.09. The monoisotopic (exact) mass is 237 g/mol. The Morgan fingerprint density at radius 3 is 2.41 bits per heavy atom. The first-order valence-corrected chi connectivity index (χ1v) is 5.66. The van der Waals surface area contributed by atoms with Crippen molar-refractivity contribution in [1.82, 2.24) is 5.01 Å². The summed E-state index contributed by atoms with van der Waals surface area (Å²) in [4.78, 5) is 0. The van der Waals surface area contributed by atoms with E-state index in [1.165, 1.54) is 0 Å². The number of nitrogens with zero attached hydrogens (tertiary/aromatic N) is 3. The summed E-state index contributed by atoms with van der Waals surface area (Å²) in [6.07, 6.45) is 0. The van der Waals surface area contributed by atoms with Crippen molar-refractivity contribution in [3.8, 4) is 11.5 Å². The largest absolute Gasteiger partial charge is 0.494 e. The average Bonchev–Trinajstić information content (AvgIpc) is 2.29. The Bertz CT molecular complexity index is 378. The van der Waals surface area contributed by atoms with E-state index in [0.29, 0.717) is 24.7 Å². The van der Waals surface area contributed by atoms with E-state index in [1.54, 1.807) is 5.01 Å². The van der Waals surface area contributed by atoms with Gasteiger partial charge in [0.25, 0.3) is 0 Å². The molecule has 5 nitrogen and oxygen atoms in total. The highest BCUT2D eigenvalue weighted by molar-refractivity contribution is 5.55. The molecule has 0 aliphatic heterocycles. The summed E-state index contributed by atoms with van der Waals surface area (Å²) < 4.78 is 10.9. The van der Waals surface area contributed by atoms with E-state index in [2.05, 4.69) is 10.3 Å². The Morgan fingerprint density at radius 2 is 1.82 bits per heavy atom. The van der Waals surface area contributed by atoms with E-state index < -0.39 is 0 Å². The first-order valence-electron chi connectivity index (χ1n) is 5.66. The zero-order valence-corrected chi connectivity index (χ0v) is 10.8. The number of rotatable bonds is 6. The van der Waals surface area contributed by atoms with Crippen molar-refractivity contribution in [2.24, 2.45) is 10.3 Å². The lowest BCUT2D eigenvalue weighted by Crippen LogP contribution is -1.99. The minimum Gasteiger partial charge on any atom is -0.494 e. The third-order valence-corrected chi connectivity index (χ3v) is 1.87. The maximum Gasteiger partial charge on any atom is 0.147 e. The molecule has 0 bridgehead atoms. The summed E-state index contributed by atoms with van der Waals surface area (Å²) in [5.41, 5.74) is 0.673. The van der Waals surface area contributed by atoms with Crippen LogP contribution in [0.5, 0.6) is 11.5 Å². The third kappa shape index (κ3) is 4.30. The summed E-state index contributed by atoms with van der Waals surface area (Å²) >= 11 is 0. The van der Waals surface area contributed by atoms with Gasteiger partial charge in [-0.2, -0.15) is 0 Å². The second kappa shape index (κ2) is 6.73. The van der Waals surface area contributed by atoms with Crippen molar-refractivity contribution >= 4 is 5.69 Å². The van der Waals surface area contributed by atoms with Crippen molar-refractivity contribution in [2.45, 2.75) is 13.8 Å². The van der Waals surface area contributed by atoms with Gasteiger partial charge < -0.3 is 9.47 Å². The molecule has 0 saturated heterocycles.